The molecule has 61 heavy (non-hydrogen) atoms. The van der Waals surface area contributed by atoms with Gasteiger partial charge in [-0.15, -0.1) is 0 Å². The monoisotopic (exact) mass is 839 g/mol. The van der Waals surface area contributed by atoms with Gasteiger partial charge in [-0.25, -0.2) is 9.59 Å². The third kappa shape index (κ3) is 12.9. The maximum atomic E-state index is 13.5. The van der Waals surface area contributed by atoms with Crippen LogP contribution >= 0.6 is 0 Å². The van der Waals surface area contributed by atoms with E-state index in [1.165, 1.54) is 14.2 Å². The summed E-state index contributed by atoms with van der Waals surface area (Å²) in [5, 5.41) is 11.3. The Kier molecular flexibility index (Phi) is 16.5. The van der Waals surface area contributed by atoms with Gasteiger partial charge in [0, 0.05) is 43.2 Å². The minimum atomic E-state index is -0.786. The summed E-state index contributed by atoms with van der Waals surface area (Å²) < 4.78 is 9.48. The summed E-state index contributed by atoms with van der Waals surface area (Å²) in [7, 11) is 2.51. The molecule has 3 aromatic carbocycles. The van der Waals surface area contributed by atoms with E-state index >= 15 is 0 Å². The number of alkyl carbamates (subject to hydrolysis) is 2. The number of hydrogen-bond acceptors (Lipinski definition) is 9. The van der Waals surface area contributed by atoms with Crippen molar-refractivity contribution in [3.63, 3.8) is 0 Å². The normalized spacial score (nSPS) is 17.0. The average molecular weight is 840 g/mol. The summed E-state index contributed by atoms with van der Waals surface area (Å²) in [6, 6.07) is 22.4. The molecular formula is C46H61N7O8. The summed E-state index contributed by atoms with van der Waals surface area (Å²) in [5.74, 6) is -0.856. The van der Waals surface area contributed by atoms with Crippen LogP contribution in [0.25, 0.3) is 0 Å². The van der Waals surface area contributed by atoms with E-state index in [4.69, 9.17) is 9.47 Å². The number of hydrogen-bond donors (Lipinski definition) is 4. The first-order chi connectivity index (χ1) is 29.3. The predicted molar refractivity (Wildman–Crippen MR) is 234 cm³/mol. The highest BCUT2D eigenvalue weighted by Gasteiger charge is 2.39. The van der Waals surface area contributed by atoms with Crippen LogP contribution in [0, 0.1) is 11.8 Å². The highest BCUT2D eigenvalue weighted by molar-refractivity contribution is 5.99. The van der Waals surface area contributed by atoms with E-state index in [1.807, 2.05) is 107 Å². The summed E-state index contributed by atoms with van der Waals surface area (Å²) in [4.78, 5) is 83.5. The van der Waals surface area contributed by atoms with Crippen LogP contribution in [0.15, 0.2) is 78.9 Å². The zero-order valence-electron chi connectivity index (χ0n) is 36.1. The van der Waals surface area contributed by atoms with Gasteiger partial charge in [-0.1, -0.05) is 70.2 Å². The number of ether oxygens (including phenoxy) is 2. The fourth-order valence-electron chi connectivity index (χ4n) is 7.95. The van der Waals surface area contributed by atoms with Gasteiger partial charge in [0.15, 0.2) is 0 Å². The van der Waals surface area contributed by atoms with Crippen molar-refractivity contribution in [2.24, 2.45) is 11.8 Å². The van der Waals surface area contributed by atoms with E-state index in [1.54, 1.807) is 9.80 Å². The van der Waals surface area contributed by atoms with Gasteiger partial charge in [0.1, 0.15) is 24.2 Å². The smallest absolute Gasteiger partial charge is 0.407 e. The predicted octanol–water partition coefficient (Wildman–Crippen LogP) is 6.29. The fourth-order valence-corrected chi connectivity index (χ4v) is 7.95. The Morgan fingerprint density at radius 3 is 1.36 bits per heavy atom. The Labute approximate surface area is 358 Å². The molecule has 0 bridgehead atoms. The van der Waals surface area contributed by atoms with Crippen molar-refractivity contribution < 1.29 is 38.2 Å². The van der Waals surface area contributed by atoms with Crippen LogP contribution in [0.1, 0.15) is 77.3 Å². The lowest BCUT2D eigenvalue weighted by Crippen LogP contribution is -2.53. The number of amides is 6. The third-order valence-electron chi connectivity index (χ3n) is 11.0. The van der Waals surface area contributed by atoms with Gasteiger partial charge in [-0.3, -0.25) is 19.2 Å². The number of nitrogens with one attached hydrogen (secondary N) is 4. The van der Waals surface area contributed by atoms with E-state index in [0.29, 0.717) is 76.1 Å². The lowest BCUT2D eigenvalue weighted by molar-refractivity contribution is -0.138. The second kappa shape index (κ2) is 21.9. The number of carbonyl (C=O) groups excluding carboxylic acids is 6. The molecule has 2 fully saturated rings. The van der Waals surface area contributed by atoms with Crippen molar-refractivity contribution in [3.05, 3.63) is 90.0 Å². The zero-order valence-corrected chi connectivity index (χ0v) is 36.1. The van der Waals surface area contributed by atoms with Crippen LogP contribution in [-0.4, -0.2) is 97.1 Å². The summed E-state index contributed by atoms with van der Waals surface area (Å²) in [6.45, 7) is 9.86. The molecule has 2 heterocycles. The number of likely N-dealkylation sites (tertiary alicyclic amines) is 2. The first-order valence-corrected chi connectivity index (χ1v) is 21.2. The topological polar surface area (TPSA) is 179 Å². The number of rotatable bonds is 17. The number of nitrogens with zero attached hydrogens (tertiary/aromatic N) is 3. The average Bonchev–Trinajstić information content (AvgIpc) is 3.95. The van der Waals surface area contributed by atoms with E-state index in [9.17, 15) is 28.8 Å². The molecule has 2 aliphatic heterocycles. The van der Waals surface area contributed by atoms with Crippen molar-refractivity contribution in [2.45, 2.75) is 103 Å². The zero-order chi connectivity index (χ0) is 44.1. The molecule has 15 nitrogen and oxygen atoms in total. The molecule has 2 aliphatic rings. The van der Waals surface area contributed by atoms with Crippen LogP contribution in [0.3, 0.4) is 0 Å². The van der Waals surface area contributed by atoms with Gasteiger partial charge >= 0.3 is 12.2 Å². The SMILES string of the molecule is COC(=O)N[C@@H](CC(C)C)C(=O)N1CCC[C@H]1C(=O)Nc1ccc(CN(Cc2ccc(NC(=O)[C@@H]3CCCN3C(=O)[C@H](CC(C)C)NC(=O)OC)cc2)c2ccccc2)cc1. The molecule has 0 saturated carbocycles. The summed E-state index contributed by atoms with van der Waals surface area (Å²) >= 11 is 0. The van der Waals surface area contributed by atoms with Crippen molar-refractivity contribution in [1.82, 2.24) is 20.4 Å². The molecule has 6 amide bonds. The minimum Gasteiger partial charge on any atom is -0.453 e. The highest BCUT2D eigenvalue weighted by Crippen LogP contribution is 2.26. The van der Waals surface area contributed by atoms with E-state index in [0.717, 1.165) is 16.8 Å². The maximum absolute atomic E-state index is 13.5. The van der Waals surface area contributed by atoms with E-state index in [2.05, 4.69) is 26.2 Å². The van der Waals surface area contributed by atoms with Gasteiger partial charge in [-0.05, 0) is 97.9 Å². The third-order valence-corrected chi connectivity index (χ3v) is 11.0. The maximum Gasteiger partial charge on any atom is 0.407 e. The lowest BCUT2D eigenvalue weighted by Gasteiger charge is -2.29. The van der Waals surface area contributed by atoms with Crippen LogP contribution in [-0.2, 0) is 41.7 Å². The Bertz CT molecular complexity index is 1840. The molecule has 328 valence electrons. The first-order valence-electron chi connectivity index (χ1n) is 21.2. The molecule has 4 atom stereocenters. The lowest BCUT2D eigenvalue weighted by atomic mass is 10.0. The quantitative estimate of drug-likeness (QED) is 0.122. The minimum absolute atomic E-state index is 0.139. The van der Waals surface area contributed by atoms with E-state index in [-0.39, 0.29) is 35.5 Å². The first kappa shape index (κ1) is 46.0. The molecule has 0 unspecified atom stereocenters. The molecule has 0 aromatic heterocycles. The Balaban J connectivity index is 1.20. The second-order valence-corrected chi connectivity index (χ2v) is 16.6. The number of benzene rings is 3. The van der Waals surface area contributed by atoms with E-state index < -0.39 is 36.4 Å². The summed E-state index contributed by atoms with van der Waals surface area (Å²) in [5.41, 5.74) is 4.27. The van der Waals surface area contributed by atoms with Gasteiger partial charge in [0.05, 0.1) is 14.2 Å². The standard InChI is InChI=1S/C46H61N7O8/c1-30(2)26-37(49-45(58)60-5)43(56)52-24-10-14-39(52)41(54)47-34-20-16-32(17-21-34)28-51(36-12-8-7-9-13-36)29-33-18-22-35(23-19-33)48-42(55)40-15-11-25-53(40)44(57)38(27-31(3)4)50-46(59)61-6/h7-9,12-13,16-23,30-31,37-40H,10-11,14-15,24-29H2,1-6H3,(H,47,54)(H,48,55)(H,49,58)(H,50,59)/t37-,38-,39-,40-/m0/s1. The largest absolute Gasteiger partial charge is 0.453 e. The van der Waals surface area contributed by atoms with Crippen LogP contribution < -0.4 is 26.2 Å². The molecule has 3 aromatic rings. The van der Waals surface area contributed by atoms with Gasteiger partial charge < -0.3 is 45.4 Å². The number of para-hydroxylation sites is 1. The van der Waals surface area contributed by atoms with Crippen molar-refractivity contribution in [2.75, 3.05) is 42.8 Å². The second-order valence-electron chi connectivity index (χ2n) is 16.6. The van der Waals surface area contributed by atoms with Crippen LogP contribution in [0.4, 0.5) is 26.7 Å². The van der Waals surface area contributed by atoms with Crippen LogP contribution in [0.2, 0.25) is 0 Å². The van der Waals surface area contributed by atoms with Gasteiger partial charge in [-0.2, -0.15) is 0 Å². The van der Waals surface area contributed by atoms with Crippen molar-refractivity contribution in [3.8, 4) is 0 Å². The molecule has 5 rings (SSSR count). The van der Waals surface area contributed by atoms with Gasteiger partial charge in [0.25, 0.3) is 0 Å². The fraction of sp³-hybridized carbons (Fsp3) is 0.478. The molecule has 15 heteroatoms. The van der Waals surface area contributed by atoms with Crippen LogP contribution in [0.5, 0.6) is 0 Å². The molecule has 0 radical (unpaired) electrons. The molecule has 0 aliphatic carbocycles. The Morgan fingerprint density at radius 2 is 1.00 bits per heavy atom. The summed E-state index contributed by atoms with van der Waals surface area (Å²) in [6.07, 6.45) is 1.90. The highest BCUT2D eigenvalue weighted by atomic mass is 16.5. The number of methoxy groups -OCH3 is 2. The van der Waals surface area contributed by atoms with Crippen molar-refractivity contribution in [1.29, 1.82) is 0 Å². The molecule has 4 N–H and O–H groups in total. The molecular weight excluding hydrogens is 779 g/mol. The molecule has 2 saturated heterocycles. The van der Waals surface area contributed by atoms with Gasteiger partial charge in [0.2, 0.25) is 23.6 Å². The Morgan fingerprint density at radius 1 is 0.607 bits per heavy atom. The van der Waals surface area contributed by atoms with Crippen molar-refractivity contribution >= 4 is 52.9 Å². The molecule has 0 spiro atoms. The Hall–Kier alpha value is -6.12. The number of carbonyl (C=O) groups is 6. The number of anilines is 3.